The van der Waals surface area contributed by atoms with E-state index in [1.807, 2.05) is 0 Å². The maximum absolute atomic E-state index is 13.0. The third-order valence-corrected chi connectivity index (χ3v) is 5.91. The number of esters is 1. The number of thiophene rings is 1. The molecular formula is C19H16N2O5S. The maximum atomic E-state index is 13.0. The summed E-state index contributed by atoms with van der Waals surface area (Å²) in [5, 5.41) is 1.76. The van der Waals surface area contributed by atoms with Crippen molar-refractivity contribution in [1.29, 1.82) is 0 Å². The summed E-state index contributed by atoms with van der Waals surface area (Å²) in [6.07, 6.45) is 0.231. The quantitative estimate of drug-likeness (QED) is 0.595. The molecule has 0 spiro atoms. The highest BCUT2D eigenvalue weighted by atomic mass is 32.1. The van der Waals surface area contributed by atoms with Gasteiger partial charge in [-0.25, -0.2) is 4.79 Å². The second-order valence-electron chi connectivity index (χ2n) is 6.40. The van der Waals surface area contributed by atoms with Crippen LogP contribution in [0.2, 0.25) is 0 Å². The molecule has 1 fully saturated rings. The van der Waals surface area contributed by atoms with Crippen LogP contribution in [-0.4, -0.2) is 47.8 Å². The number of fused-ring (bicyclic) bond motifs is 3. The normalized spacial score (nSPS) is 21.1. The molecule has 0 N–H and O–H groups in total. The van der Waals surface area contributed by atoms with Crippen LogP contribution < -0.4 is 4.90 Å². The molecule has 0 radical (unpaired) electrons. The Kier molecular flexibility index (Phi) is 4.07. The Bertz CT molecular complexity index is 955. The van der Waals surface area contributed by atoms with Crippen LogP contribution in [0, 0.1) is 0 Å². The lowest BCUT2D eigenvalue weighted by molar-refractivity contribution is -0.155. The molecule has 138 valence electrons. The van der Waals surface area contributed by atoms with E-state index < -0.39 is 18.2 Å². The number of ether oxygens (including phenoxy) is 1. The zero-order chi connectivity index (χ0) is 19.2. The zero-order valence-electron chi connectivity index (χ0n) is 14.5. The monoisotopic (exact) mass is 384 g/mol. The highest BCUT2D eigenvalue weighted by Gasteiger charge is 2.60. The molecule has 0 unspecified atom stereocenters. The third-order valence-electron chi connectivity index (χ3n) is 5.00. The van der Waals surface area contributed by atoms with Gasteiger partial charge in [-0.15, -0.1) is 11.3 Å². The molecule has 8 heteroatoms. The molecule has 1 atom stereocenters. The number of para-hydroxylation sites is 1. The van der Waals surface area contributed by atoms with Gasteiger partial charge in [-0.05, 0) is 23.6 Å². The van der Waals surface area contributed by atoms with Gasteiger partial charge in [0.05, 0.1) is 16.1 Å². The lowest BCUT2D eigenvalue weighted by Gasteiger charge is -2.46. The first-order valence-corrected chi connectivity index (χ1v) is 9.29. The average molecular weight is 384 g/mol. The molecule has 1 aromatic heterocycles. The molecule has 0 bridgehead atoms. The van der Waals surface area contributed by atoms with Crippen molar-refractivity contribution in [1.82, 2.24) is 4.90 Å². The molecule has 7 nitrogen and oxygen atoms in total. The number of carbonyl (C=O) groups is 4. The van der Waals surface area contributed by atoms with Crippen LogP contribution in [-0.2, 0) is 14.3 Å². The second-order valence-corrected chi connectivity index (χ2v) is 7.35. The lowest BCUT2D eigenvalue weighted by Crippen LogP contribution is -2.67. The first kappa shape index (κ1) is 17.4. The summed E-state index contributed by atoms with van der Waals surface area (Å²) >= 11 is 1.26. The van der Waals surface area contributed by atoms with Gasteiger partial charge in [0.15, 0.2) is 6.61 Å². The number of hydrogen-bond donors (Lipinski definition) is 0. The van der Waals surface area contributed by atoms with Crippen LogP contribution in [0.1, 0.15) is 32.9 Å². The number of ketones is 1. The topological polar surface area (TPSA) is 84.0 Å². The Labute approximate surface area is 159 Å². The Balaban J connectivity index is 1.67. The Morgan fingerprint density at radius 2 is 1.96 bits per heavy atom. The van der Waals surface area contributed by atoms with Gasteiger partial charge < -0.3 is 9.64 Å². The summed E-state index contributed by atoms with van der Waals surface area (Å²) in [7, 11) is 1.48. The number of carbonyl (C=O) groups excluding carboxylic acids is 4. The maximum Gasteiger partial charge on any atom is 0.354 e. The van der Waals surface area contributed by atoms with Crippen LogP contribution in [0.3, 0.4) is 0 Å². The molecule has 1 saturated heterocycles. The minimum Gasteiger partial charge on any atom is -0.454 e. The van der Waals surface area contributed by atoms with E-state index in [4.69, 9.17) is 4.74 Å². The minimum absolute atomic E-state index is 0.111. The standard InChI is InChI=1S/C19H16N2O5S/c1-20-17(24)12-5-2-3-6-13(12)21-16(23)8-9-19(20,21)18(25)26-11-14(22)15-7-4-10-27-15/h2-7,10H,8-9,11H2,1H3/t19-/m0/s1. The first-order valence-electron chi connectivity index (χ1n) is 8.41. The Hall–Kier alpha value is -3.00. The highest BCUT2D eigenvalue weighted by molar-refractivity contribution is 7.12. The molecule has 2 aromatic rings. The largest absolute Gasteiger partial charge is 0.454 e. The van der Waals surface area contributed by atoms with E-state index in [1.54, 1.807) is 41.8 Å². The summed E-state index contributed by atoms with van der Waals surface area (Å²) in [4.78, 5) is 53.6. The summed E-state index contributed by atoms with van der Waals surface area (Å²) < 4.78 is 5.28. The van der Waals surface area contributed by atoms with Crippen molar-refractivity contribution in [2.75, 3.05) is 18.6 Å². The number of amides is 2. The van der Waals surface area contributed by atoms with E-state index in [1.165, 1.54) is 28.2 Å². The van der Waals surface area contributed by atoms with Gasteiger partial charge in [0, 0.05) is 19.9 Å². The second kappa shape index (κ2) is 6.31. The van der Waals surface area contributed by atoms with Crippen molar-refractivity contribution >= 4 is 40.6 Å². The molecule has 2 aliphatic rings. The minimum atomic E-state index is -1.56. The number of likely N-dealkylation sites (N-methyl/N-ethyl adjacent to an activating group) is 1. The third kappa shape index (κ3) is 2.48. The van der Waals surface area contributed by atoms with E-state index in [2.05, 4.69) is 0 Å². The number of anilines is 1. The number of benzene rings is 1. The summed E-state index contributed by atoms with van der Waals surface area (Å²) in [6, 6.07) is 10.1. The SMILES string of the molecule is CN1C(=O)c2ccccc2N2C(=O)CC[C@]12C(=O)OCC(=O)c1cccs1. The Morgan fingerprint density at radius 1 is 1.19 bits per heavy atom. The van der Waals surface area contributed by atoms with Gasteiger partial charge >= 0.3 is 5.97 Å². The van der Waals surface area contributed by atoms with Crippen LogP contribution in [0.4, 0.5) is 5.69 Å². The average Bonchev–Trinajstić information content (AvgIpc) is 3.33. The number of rotatable bonds is 4. The molecule has 0 saturated carbocycles. The summed E-state index contributed by atoms with van der Waals surface area (Å²) in [6.45, 7) is -0.438. The van der Waals surface area contributed by atoms with E-state index in [0.29, 0.717) is 16.1 Å². The van der Waals surface area contributed by atoms with E-state index in [9.17, 15) is 19.2 Å². The fourth-order valence-corrected chi connectivity index (χ4v) is 4.30. The molecule has 27 heavy (non-hydrogen) atoms. The van der Waals surface area contributed by atoms with Crippen molar-refractivity contribution in [2.24, 2.45) is 0 Å². The predicted molar refractivity (Wildman–Crippen MR) is 97.6 cm³/mol. The highest BCUT2D eigenvalue weighted by Crippen LogP contribution is 2.44. The fourth-order valence-electron chi connectivity index (χ4n) is 3.65. The van der Waals surface area contributed by atoms with Crippen molar-refractivity contribution in [3.63, 3.8) is 0 Å². The molecule has 0 aliphatic carbocycles. The van der Waals surface area contributed by atoms with E-state index >= 15 is 0 Å². The zero-order valence-corrected chi connectivity index (χ0v) is 15.3. The molecule has 1 aromatic carbocycles. The van der Waals surface area contributed by atoms with Gasteiger partial charge in [-0.1, -0.05) is 18.2 Å². The van der Waals surface area contributed by atoms with Crippen LogP contribution in [0.15, 0.2) is 41.8 Å². The number of Topliss-reactive ketones (excluding diaryl/α,β-unsaturated/α-hetero) is 1. The molecule has 2 aliphatic heterocycles. The van der Waals surface area contributed by atoms with Crippen molar-refractivity contribution in [3.8, 4) is 0 Å². The lowest BCUT2D eigenvalue weighted by atomic mass is 9.97. The molecular weight excluding hydrogens is 368 g/mol. The van der Waals surface area contributed by atoms with E-state index in [-0.39, 0.29) is 30.4 Å². The smallest absolute Gasteiger partial charge is 0.354 e. The molecule has 3 heterocycles. The number of hydrogen-bond acceptors (Lipinski definition) is 6. The fraction of sp³-hybridized carbons (Fsp3) is 0.263. The van der Waals surface area contributed by atoms with Crippen molar-refractivity contribution < 1.29 is 23.9 Å². The van der Waals surface area contributed by atoms with Gasteiger partial charge in [-0.2, -0.15) is 0 Å². The van der Waals surface area contributed by atoms with Gasteiger partial charge in [0.1, 0.15) is 0 Å². The van der Waals surface area contributed by atoms with E-state index in [0.717, 1.165) is 0 Å². The molecule has 4 rings (SSSR count). The van der Waals surface area contributed by atoms with Crippen LogP contribution >= 0.6 is 11.3 Å². The molecule has 2 amide bonds. The van der Waals surface area contributed by atoms with Crippen molar-refractivity contribution in [2.45, 2.75) is 18.5 Å². The first-order chi connectivity index (χ1) is 13.0. The summed E-state index contributed by atoms with van der Waals surface area (Å²) in [5.41, 5.74) is -0.809. The Morgan fingerprint density at radius 3 is 2.70 bits per heavy atom. The predicted octanol–water partition coefficient (Wildman–Crippen LogP) is 2.08. The summed E-state index contributed by atoms with van der Waals surface area (Å²) in [5.74, 6) is -1.72. The van der Waals surface area contributed by atoms with Crippen molar-refractivity contribution in [3.05, 3.63) is 52.2 Å². The van der Waals surface area contributed by atoms with Crippen LogP contribution in [0.25, 0.3) is 0 Å². The van der Waals surface area contributed by atoms with Gasteiger partial charge in [-0.3, -0.25) is 19.3 Å². The van der Waals surface area contributed by atoms with Gasteiger partial charge in [0.2, 0.25) is 17.4 Å². The van der Waals surface area contributed by atoms with Gasteiger partial charge in [0.25, 0.3) is 5.91 Å². The van der Waals surface area contributed by atoms with Crippen LogP contribution in [0.5, 0.6) is 0 Å². The number of nitrogens with zero attached hydrogens (tertiary/aromatic N) is 2.